The predicted molar refractivity (Wildman–Crippen MR) is 105 cm³/mol. The Kier molecular flexibility index (Phi) is 6.21. The molecule has 1 unspecified atom stereocenters. The molecule has 1 saturated heterocycles. The topological polar surface area (TPSA) is 70.7 Å². The van der Waals surface area contributed by atoms with E-state index < -0.39 is 0 Å². The van der Waals surface area contributed by atoms with E-state index >= 15 is 0 Å². The standard InChI is InChI=1S/C21H25N3O3/c1-15(25)16-7-3-5-9-18(16)23-21(26)14-24-12-11-22-13-19(24)17-8-4-6-10-20(17)27-2/h3-10,19,22H,11-14H2,1-2H3,(H,23,26). The largest absolute Gasteiger partial charge is 0.496 e. The van der Waals surface area contributed by atoms with Gasteiger partial charge in [-0.2, -0.15) is 0 Å². The molecule has 1 atom stereocenters. The predicted octanol–water partition coefficient (Wildman–Crippen LogP) is 2.48. The van der Waals surface area contributed by atoms with Gasteiger partial charge in [0, 0.05) is 30.8 Å². The van der Waals surface area contributed by atoms with Crippen molar-refractivity contribution in [2.75, 3.05) is 38.6 Å². The number of amides is 1. The van der Waals surface area contributed by atoms with Crippen LogP contribution in [-0.2, 0) is 4.79 Å². The van der Waals surface area contributed by atoms with Gasteiger partial charge >= 0.3 is 0 Å². The lowest BCUT2D eigenvalue weighted by Gasteiger charge is -2.36. The van der Waals surface area contributed by atoms with Gasteiger partial charge in [-0.05, 0) is 25.1 Å². The highest BCUT2D eigenvalue weighted by atomic mass is 16.5. The number of benzene rings is 2. The van der Waals surface area contributed by atoms with Crippen molar-refractivity contribution in [1.29, 1.82) is 0 Å². The highest BCUT2D eigenvalue weighted by molar-refractivity contribution is 6.04. The van der Waals surface area contributed by atoms with Gasteiger partial charge in [0.2, 0.25) is 5.91 Å². The first-order valence-corrected chi connectivity index (χ1v) is 9.07. The summed E-state index contributed by atoms with van der Waals surface area (Å²) in [6.45, 7) is 4.07. The van der Waals surface area contributed by atoms with Crippen LogP contribution in [0.25, 0.3) is 0 Å². The lowest BCUT2D eigenvalue weighted by atomic mass is 10.0. The molecule has 1 aliphatic heterocycles. The Hall–Kier alpha value is -2.70. The average Bonchev–Trinajstić information content (AvgIpc) is 2.68. The number of piperazine rings is 1. The Bertz CT molecular complexity index is 822. The fourth-order valence-corrected chi connectivity index (χ4v) is 3.46. The van der Waals surface area contributed by atoms with E-state index in [0.717, 1.165) is 30.9 Å². The molecule has 6 nitrogen and oxygen atoms in total. The number of Topliss-reactive ketones (excluding diaryl/α,β-unsaturated/α-hetero) is 1. The van der Waals surface area contributed by atoms with Crippen molar-refractivity contribution in [2.24, 2.45) is 0 Å². The molecule has 6 heteroatoms. The molecule has 2 aromatic carbocycles. The summed E-state index contributed by atoms with van der Waals surface area (Å²) in [6.07, 6.45) is 0. The summed E-state index contributed by atoms with van der Waals surface area (Å²) in [5, 5.41) is 6.27. The molecule has 2 aromatic rings. The van der Waals surface area contributed by atoms with Crippen molar-refractivity contribution >= 4 is 17.4 Å². The van der Waals surface area contributed by atoms with Crippen LogP contribution in [0.3, 0.4) is 0 Å². The minimum atomic E-state index is -0.134. The maximum absolute atomic E-state index is 12.7. The maximum Gasteiger partial charge on any atom is 0.238 e. The van der Waals surface area contributed by atoms with E-state index in [9.17, 15) is 9.59 Å². The van der Waals surface area contributed by atoms with Crippen LogP contribution in [0.1, 0.15) is 28.9 Å². The van der Waals surface area contributed by atoms with Gasteiger partial charge in [-0.15, -0.1) is 0 Å². The lowest BCUT2D eigenvalue weighted by Crippen LogP contribution is -2.48. The van der Waals surface area contributed by atoms with E-state index in [-0.39, 0.29) is 24.3 Å². The molecule has 0 aromatic heterocycles. The van der Waals surface area contributed by atoms with Crippen LogP contribution in [0.5, 0.6) is 5.75 Å². The van der Waals surface area contributed by atoms with Crippen LogP contribution in [0, 0.1) is 0 Å². The summed E-state index contributed by atoms with van der Waals surface area (Å²) in [7, 11) is 1.66. The van der Waals surface area contributed by atoms with Gasteiger partial charge in [-0.3, -0.25) is 14.5 Å². The van der Waals surface area contributed by atoms with Crippen LogP contribution >= 0.6 is 0 Å². The average molecular weight is 367 g/mol. The Morgan fingerprint density at radius 1 is 1.19 bits per heavy atom. The van der Waals surface area contributed by atoms with Crippen molar-refractivity contribution in [2.45, 2.75) is 13.0 Å². The third kappa shape index (κ3) is 4.53. The van der Waals surface area contributed by atoms with Gasteiger partial charge in [-0.1, -0.05) is 30.3 Å². The van der Waals surface area contributed by atoms with E-state index in [1.807, 2.05) is 30.3 Å². The van der Waals surface area contributed by atoms with Gasteiger partial charge in [0.1, 0.15) is 5.75 Å². The first kappa shape index (κ1) is 19.1. The highest BCUT2D eigenvalue weighted by Crippen LogP contribution is 2.30. The van der Waals surface area contributed by atoms with Crippen molar-refractivity contribution in [3.8, 4) is 5.75 Å². The molecule has 1 fully saturated rings. The van der Waals surface area contributed by atoms with Gasteiger partial charge in [0.05, 0.1) is 25.4 Å². The summed E-state index contributed by atoms with van der Waals surface area (Å²) < 4.78 is 5.50. The second-order valence-corrected chi connectivity index (χ2v) is 6.58. The fraction of sp³-hybridized carbons (Fsp3) is 0.333. The summed E-state index contributed by atoms with van der Waals surface area (Å²) in [5.41, 5.74) is 2.13. The van der Waals surface area contributed by atoms with Crippen molar-refractivity contribution in [3.05, 3.63) is 59.7 Å². The summed E-state index contributed by atoms with van der Waals surface area (Å²) >= 11 is 0. The molecular formula is C21H25N3O3. The number of anilines is 1. The maximum atomic E-state index is 12.7. The van der Waals surface area contributed by atoms with Crippen molar-refractivity contribution in [1.82, 2.24) is 10.2 Å². The van der Waals surface area contributed by atoms with Gasteiger partial charge < -0.3 is 15.4 Å². The normalized spacial score (nSPS) is 17.3. The Morgan fingerprint density at radius 2 is 1.93 bits per heavy atom. The van der Waals surface area contributed by atoms with Crippen LogP contribution < -0.4 is 15.4 Å². The van der Waals surface area contributed by atoms with E-state index in [4.69, 9.17) is 4.74 Å². The summed E-state index contributed by atoms with van der Waals surface area (Å²) in [4.78, 5) is 26.6. The highest BCUT2D eigenvalue weighted by Gasteiger charge is 2.27. The summed E-state index contributed by atoms with van der Waals surface area (Å²) in [6, 6.07) is 15.0. The minimum Gasteiger partial charge on any atom is -0.496 e. The number of nitrogens with zero attached hydrogens (tertiary/aromatic N) is 1. The minimum absolute atomic E-state index is 0.0451. The quantitative estimate of drug-likeness (QED) is 0.768. The zero-order valence-corrected chi connectivity index (χ0v) is 15.7. The Balaban J connectivity index is 1.75. The second-order valence-electron chi connectivity index (χ2n) is 6.58. The Labute approximate surface area is 159 Å². The first-order valence-electron chi connectivity index (χ1n) is 9.07. The Morgan fingerprint density at radius 3 is 2.70 bits per heavy atom. The van der Waals surface area contributed by atoms with Crippen LogP contribution in [0.4, 0.5) is 5.69 Å². The number of para-hydroxylation sites is 2. The van der Waals surface area contributed by atoms with Gasteiger partial charge in [0.15, 0.2) is 5.78 Å². The number of carbonyl (C=O) groups is 2. The van der Waals surface area contributed by atoms with E-state index in [0.29, 0.717) is 11.3 Å². The third-order valence-electron chi connectivity index (χ3n) is 4.78. The number of nitrogens with one attached hydrogen (secondary N) is 2. The lowest BCUT2D eigenvalue weighted by molar-refractivity contribution is -0.118. The molecule has 0 saturated carbocycles. The number of carbonyl (C=O) groups excluding carboxylic acids is 2. The van der Waals surface area contributed by atoms with Gasteiger partial charge in [-0.25, -0.2) is 0 Å². The molecule has 0 aliphatic carbocycles. The third-order valence-corrected chi connectivity index (χ3v) is 4.78. The number of rotatable bonds is 6. The molecule has 1 heterocycles. The molecule has 3 rings (SSSR count). The molecule has 142 valence electrons. The van der Waals surface area contributed by atoms with Crippen molar-refractivity contribution in [3.63, 3.8) is 0 Å². The smallest absolute Gasteiger partial charge is 0.238 e. The molecule has 2 N–H and O–H groups in total. The monoisotopic (exact) mass is 367 g/mol. The molecule has 1 aliphatic rings. The van der Waals surface area contributed by atoms with E-state index in [2.05, 4.69) is 15.5 Å². The zero-order chi connectivity index (χ0) is 19.2. The number of ketones is 1. The van der Waals surface area contributed by atoms with Crippen LogP contribution in [-0.4, -0.2) is 49.9 Å². The molecule has 27 heavy (non-hydrogen) atoms. The zero-order valence-electron chi connectivity index (χ0n) is 15.7. The molecule has 1 amide bonds. The number of ether oxygens (including phenoxy) is 1. The summed E-state index contributed by atoms with van der Waals surface area (Å²) in [5.74, 6) is 0.615. The fourth-order valence-electron chi connectivity index (χ4n) is 3.46. The second kappa shape index (κ2) is 8.79. The SMILES string of the molecule is COc1ccccc1C1CNCCN1CC(=O)Nc1ccccc1C(C)=O. The van der Waals surface area contributed by atoms with Gasteiger partial charge in [0.25, 0.3) is 0 Å². The van der Waals surface area contributed by atoms with E-state index in [1.54, 1.807) is 25.3 Å². The van der Waals surface area contributed by atoms with Crippen LogP contribution in [0.15, 0.2) is 48.5 Å². The first-order chi connectivity index (χ1) is 13.1. The molecule has 0 bridgehead atoms. The number of hydrogen-bond acceptors (Lipinski definition) is 5. The van der Waals surface area contributed by atoms with Crippen LogP contribution in [0.2, 0.25) is 0 Å². The molecule has 0 spiro atoms. The number of hydrogen-bond donors (Lipinski definition) is 2. The molecular weight excluding hydrogens is 342 g/mol. The molecule has 0 radical (unpaired) electrons. The van der Waals surface area contributed by atoms with E-state index in [1.165, 1.54) is 6.92 Å². The number of methoxy groups -OCH3 is 1. The van der Waals surface area contributed by atoms with Crippen molar-refractivity contribution < 1.29 is 14.3 Å².